The normalized spacial score (nSPS) is 14.0. The molecule has 140 valence electrons. The molecular formula is C17H21BrN4O4. The van der Waals surface area contributed by atoms with E-state index in [2.05, 4.69) is 21.2 Å². The van der Waals surface area contributed by atoms with E-state index in [-0.39, 0.29) is 49.8 Å². The lowest BCUT2D eigenvalue weighted by molar-refractivity contribution is -0.133. The first-order valence-corrected chi connectivity index (χ1v) is 8.92. The summed E-state index contributed by atoms with van der Waals surface area (Å²) >= 11 is 3.34. The van der Waals surface area contributed by atoms with Gasteiger partial charge in [-0.05, 0) is 34.5 Å². The lowest BCUT2D eigenvalue weighted by Gasteiger charge is -2.18. The number of nitrogens with one attached hydrogen (secondary N) is 1. The third-order valence-electron chi connectivity index (χ3n) is 3.96. The maximum atomic E-state index is 12.1. The van der Waals surface area contributed by atoms with Crippen molar-refractivity contribution in [2.45, 2.75) is 12.8 Å². The van der Waals surface area contributed by atoms with Gasteiger partial charge < -0.3 is 15.1 Å². The molecule has 5 amide bonds. The van der Waals surface area contributed by atoms with Crippen molar-refractivity contribution in [3.63, 3.8) is 0 Å². The number of para-hydroxylation sites is 1. The van der Waals surface area contributed by atoms with Gasteiger partial charge in [-0.1, -0.05) is 12.1 Å². The van der Waals surface area contributed by atoms with Gasteiger partial charge >= 0.3 is 6.03 Å². The molecule has 0 spiro atoms. The first-order valence-electron chi connectivity index (χ1n) is 8.13. The Bertz CT molecular complexity index is 724. The highest BCUT2D eigenvalue weighted by Gasteiger charge is 2.32. The molecule has 1 aromatic rings. The summed E-state index contributed by atoms with van der Waals surface area (Å²) in [4.78, 5) is 51.4. The van der Waals surface area contributed by atoms with E-state index in [1.54, 1.807) is 26.2 Å². The van der Waals surface area contributed by atoms with Crippen LogP contribution in [0.1, 0.15) is 12.8 Å². The summed E-state index contributed by atoms with van der Waals surface area (Å²) in [5.41, 5.74) is 0.633. The number of amides is 5. The fourth-order valence-electron chi connectivity index (χ4n) is 2.52. The average Bonchev–Trinajstić information content (AvgIpc) is 2.82. The van der Waals surface area contributed by atoms with Gasteiger partial charge in [0.1, 0.15) is 6.54 Å². The van der Waals surface area contributed by atoms with Crippen LogP contribution in [0, 0.1) is 0 Å². The van der Waals surface area contributed by atoms with Crippen LogP contribution in [0.4, 0.5) is 10.5 Å². The molecule has 0 unspecified atom stereocenters. The van der Waals surface area contributed by atoms with Crippen LogP contribution in [0.2, 0.25) is 0 Å². The van der Waals surface area contributed by atoms with E-state index in [4.69, 9.17) is 0 Å². The van der Waals surface area contributed by atoms with E-state index in [9.17, 15) is 19.2 Å². The summed E-state index contributed by atoms with van der Waals surface area (Å²) in [7, 11) is 3.10. The predicted molar refractivity (Wildman–Crippen MR) is 99.4 cm³/mol. The second kappa shape index (κ2) is 8.79. The van der Waals surface area contributed by atoms with E-state index >= 15 is 0 Å². The van der Waals surface area contributed by atoms with Gasteiger partial charge in [0, 0.05) is 31.5 Å². The van der Waals surface area contributed by atoms with Crippen LogP contribution in [0.25, 0.3) is 0 Å². The van der Waals surface area contributed by atoms with Crippen molar-refractivity contribution in [1.82, 2.24) is 14.7 Å². The Morgan fingerprint density at radius 2 is 1.96 bits per heavy atom. The zero-order chi connectivity index (χ0) is 19.3. The molecule has 0 saturated carbocycles. The van der Waals surface area contributed by atoms with Gasteiger partial charge in [0.25, 0.3) is 0 Å². The molecule has 0 aromatic heterocycles. The van der Waals surface area contributed by atoms with Gasteiger partial charge in [0.2, 0.25) is 17.7 Å². The SMILES string of the molecule is CN(CC(=O)Nc1ccccc1Br)C(=O)CCCN1C(=O)CN(C)C1=O. The minimum absolute atomic E-state index is 0.0713. The number of anilines is 1. The molecule has 0 radical (unpaired) electrons. The molecule has 0 aliphatic carbocycles. The second-order valence-electron chi connectivity index (χ2n) is 6.07. The van der Waals surface area contributed by atoms with Gasteiger partial charge in [-0.2, -0.15) is 0 Å². The number of benzene rings is 1. The topological polar surface area (TPSA) is 90.0 Å². The fraction of sp³-hybridized carbons (Fsp3) is 0.412. The average molecular weight is 425 g/mol. The van der Waals surface area contributed by atoms with Crippen molar-refractivity contribution in [2.75, 3.05) is 39.0 Å². The van der Waals surface area contributed by atoms with E-state index in [0.717, 1.165) is 9.37 Å². The van der Waals surface area contributed by atoms with Crippen molar-refractivity contribution in [2.24, 2.45) is 0 Å². The Balaban J connectivity index is 1.75. The minimum atomic E-state index is -0.344. The Kier molecular flexibility index (Phi) is 6.73. The van der Waals surface area contributed by atoms with Crippen LogP contribution < -0.4 is 5.32 Å². The molecular weight excluding hydrogens is 404 g/mol. The molecule has 1 aliphatic heterocycles. The maximum Gasteiger partial charge on any atom is 0.326 e. The number of carbonyl (C=O) groups excluding carboxylic acids is 4. The third-order valence-corrected chi connectivity index (χ3v) is 4.65. The van der Waals surface area contributed by atoms with Crippen LogP contribution in [0.3, 0.4) is 0 Å². The fourth-order valence-corrected chi connectivity index (χ4v) is 2.91. The zero-order valence-corrected chi connectivity index (χ0v) is 16.3. The van der Waals surface area contributed by atoms with Crippen LogP contribution in [0.5, 0.6) is 0 Å². The van der Waals surface area contributed by atoms with Crippen molar-refractivity contribution in [1.29, 1.82) is 0 Å². The molecule has 1 heterocycles. The van der Waals surface area contributed by atoms with Gasteiger partial charge in [-0.25, -0.2) is 4.79 Å². The molecule has 9 heteroatoms. The number of hydrogen-bond donors (Lipinski definition) is 1. The lowest BCUT2D eigenvalue weighted by Crippen LogP contribution is -2.36. The van der Waals surface area contributed by atoms with Crippen LogP contribution in [-0.4, -0.2) is 72.2 Å². The molecule has 0 bridgehead atoms. The van der Waals surface area contributed by atoms with Gasteiger partial charge in [0.05, 0.1) is 12.2 Å². The van der Waals surface area contributed by atoms with Gasteiger partial charge in [-0.3, -0.25) is 19.3 Å². The van der Waals surface area contributed by atoms with Crippen LogP contribution >= 0.6 is 15.9 Å². The molecule has 2 rings (SSSR count). The molecule has 1 aliphatic rings. The van der Waals surface area contributed by atoms with Crippen LogP contribution in [-0.2, 0) is 14.4 Å². The smallest absolute Gasteiger partial charge is 0.326 e. The monoisotopic (exact) mass is 424 g/mol. The van der Waals surface area contributed by atoms with Gasteiger partial charge in [0.15, 0.2) is 0 Å². The number of imide groups is 1. The summed E-state index contributed by atoms with van der Waals surface area (Å²) in [5, 5.41) is 2.73. The summed E-state index contributed by atoms with van der Waals surface area (Å²) in [6.07, 6.45) is 0.514. The number of carbonyl (C=O) groups is 4. The molecule has 1 N–H and O–H groups in total. The van der Waals surface area contributed by atoms with Crippen molar-refractivity contribution in [3.8, 4) is 0 Å². The molecule has 1 fully saturated rings. The third kappa shape index (κ3) is 5.04. The van der Waals surface area contributed by atoms with E-state index in [0.29, 0.717) is 12.1 Å². The summed E-state index contributed by atoms with van der Waals surface area (Å²) < 4.78 is 0.757. The largest absolute Gasteiger partial charge is 0.336 e. The first-order chi connectivity index (χ1) is 12.3. The lowest BCUT2D eigenvalue weighted by atomic mass is 10.2. The number of nitrogens with zero attached hydrogens (tertiary/aromatic N) is 3. The highest BCUT2D eigenvalue weighted by Crippen LogP contribution is 2.21. The Labute approximate surface area is 160 Å². The Hall–Kier alpha value is -2.42. The summed E-state index contributed by atoms with van der Waals surface area (Å²) in [5.74, 6) is -0.787. The van der Waals surface area contributed by atoms with E-state index < -0.39 is 0 Å². The molecule has 0 atom stereocenters. The van der Waals surface area contributed by atoms with Gasteiger partial charge in [-0.15, -0.1) is 0 Å². The number of likely N-dealkylation sites (N-methyl/N-ethyl adjacent to an activating group) is 2. The Morgan fingerprint density at radius 1 is 1.27 bits per heavy atom. The molecule has 1 aromatic carbocycles. The number of urea groups is 1. The highest BCUT2D eigenvalue weighted by atomic mass is 79.9. The number of halogens is 1. The quantitative estimate of drug-likeness (QED) is 0.671. The van der Waals surface area contributed by atoms with E-state index in [1.807, 2.05) is 12.1 Å². The minimum Gasteiger partial charge on any atom is -0.336 e. The zero-order valence-electron chi connectivity index (χ0n) is 14.7. The molecule has 8 nitrogen and oxygen atoms in total. The van der Waals surface area contributed by atoms with Crippen LogP contribution in [0.15, 0.2) is 28.7 Å². The standard InChI is InChI=1S/C17H21BrN4O4/c1-20(10-14(23)19-13-7-4-3-6-12(13)18)15(24)8-5-9-22-16(25)11-21(2)17(22)26/h3-4,6-7H,5,8-11H2,1-2H3,(H,19,23). The predicted octanol–water partition coefficient (Wildman–Crippen LogP) is 1.52. The molecule has 26 heavy (non-hydrogen) atoms. The Morgan fingerprint density at radius 3 is 2.58 bits per heavy atom. The maximum absolute atomic E-state index is 12.1. The first kappa shape index (κ1) is 19.9. The number of rotatable bonds is 7. The summed E-state index contributed by atoms with van der Waals surface area (Å²) in [6.45, 7) is 0.192. The van der Waals surface area contributed by atoms with Crippen molar-refractivity contribution in [3.05, 3.63) is 28.7 Å². The summed E-state index contributed by atoms with van der Waals surface area (Å²) in [6, 6.07) is 6.85. The van der Waals surface area contributed by atoms with E-state index in [1.165, 1.54) is 9.80 Å². The van der Waals surface area contributed by atoms with Crippen molar-refractivity contribution >= 4 is 45.4 Å². The van der Waals surface area contributed by atoms with Crippen molar-refractivity contribution < 1.29 is 19.2 Å². The second-order valence-corrected chi connectivity index (χ2v) is 6.92. The highest BCUT2D eigenvalue weighted by molar-refractivity contribution is 9.10. The number of hydrogen-bond acceptors (Lipinski definition) is 4. The molecule has 1 saturated heterocycles.